The topological polar surface area (TPSA) is 110 Å². The Hall–Kier alpha value is -4.45. The van der Waals surface area contributed by atoms with Gasteiger partial charge in [0.2, 0.25) is 0 Å². The van der Waals surface area contributed by atoms with E-state index >= 15 is 0 Å². The van der Waals surface area contributed by atoms with Crippen LogP contribution in [0.2, 0.25) is 0 Å². The molecule has 0 N–H and O–H groups in total. The molecule has 36 heavy (non-hydrogen) atoms. The van der Waals surface area contributed by atoms with Crippen LogP contribution in [0.15, 0.2) is 48.5 Å². The summed E-state index contributed by atoms with van der Waals surface area (Å²) in [4.78, 5) is 70.8. The lowest BCUT2D eigenvalue weighted by atomic mass is 9.86. The van der Waals surface area contributed by atoms with Gasteiger partial charge < -0.3 is 9.68 Å². The maximum absolute atomic E-state index is 13.2. The highest BCUT2D eigenvalue weighted by atomic mass is 16.7. The molecule has 0 saturated carbocycles. The van der Waals surface area contributed by atoms with Gasteiger partial charge in [0.1, 0.15) is 0 Å². The van der Waals surface area contributed by atoms with Crippen LogP contribution in [0.4, 0.5) is 0 Å². The van der Waals surface area contributed by atoms with Crippen LogP contribution in [0.3, 0.4) is 0 Å². The molecule has 1 aliphatic carbocycles. The van der Waals surface area contributed by atoms with E-state index in [-0.39, 0.29) is 32.1 Å². The van der Waals surface area contributed by atoms with Gasteiger partial charge in [-0.25, -0.2) is 9.59 Å². The quantitative estimate of drug-likeness (QED) is 0.349. The summed E-state index contributed by atoms with van der Waals surface area (Å²) in [5, 5.41) is 1.33. The molecule has 4 rings (SSSR count). The molecule has 2 aromatic rings. The van der Waals surface area contributed by atoms with Gasteiger partial charge in [0, 0.05) is 43.9 Å². The zero-order valence-corrected chi connectivity index (χ0v) is 19.7. The number of imide groups is 1. The number of carbonyl (C=O) groups excluding carboxylic acids is 5. The van der Waals surface area contributed by atoms with Crippen LogP contribution < -0.4 is 0 Å². The smallest absolute Gasteiger partial charge is 0.338 e. The van der Waals surface area contributed by atoms with Crippen LogP contribution in [0.5, 0.6) is 0 Å². The van der Waals surface area contributed by atoms with Crippen LogP contribution in [-0.2, 0) is 40.1 Å². The van der Waals surface area contributed by atoms with E-state index in [9.17, 15) is 24.0 Å². The number of fused-ring (bicyclic) bond motifs is 2. The summed E-state index contributed by atoms with van der Waals surface area (Å²) in [5.74, 6) is 2.57. The second-order valence-corrected chi connectivity index (χ2v) is 8.45. The first kappa shape index (κ1) is 24.7. The fraction of sp³-hybridized carbons (Fsp3) is 0.296. The minimum atomic E-state index is -0.794. The van der Waals surface area contributed by atoms with Crippen molar-refractivity contribution in [2.24, 2.45) is 0 Å². The Kier molecular flexibility index (Phi) is 7.44. The Morgan fingerprint density at radius 3 is 2.33 bits per heavy atom. The Morgan fingerprint density at radius 1 is 0.944 bits per heavy atom. The molecule has 9 heteroatoms. The molecule has 184 valence electrons. The Labute approximate surface area is 207 Å². The van der Waals surface area contributed by atoms with E-state index in [1.54, 1.807) is 0 Å². The number of rotatable bonds is 6. The Balaban J connectivity index is 1.35. The van der Waals surface area contributed by atoms with E-state index in [1.807, 2.05) is 48.5 Å². The Morgan fingerprint density at radius 2 is 1.58 bits per heavy atom. The lowest BCUT2D eigenvalue weighted by molar-refractivity contribution is -0.198. The van der Waals surface area contributed by atoms with Crippen molar-refractivity contribution in [2.45, 2.75) is 44.4 Å². The molecule has 0 bridgehead atoms. The Bertz CT molecular complexity index is 1270. The van der Waals surface area contributed by atoms with Crippen molar-refractivity contribution in [1.29, 1.82) is 0 Å². The molecule has 0 radical (unpaired) electrons. The fourth-order valence-corrected chi connectivity index (χ4v) is 4.01. The second kappa shape index (κ2) is 10.9. The third kappa shape index (κ3) is 5.61. The van der Waals surface area contributed by atoms with Crippen molar-refractivity contribution in [1.82, 2.24) is 10.1 Å². The summed E-state index contributed by atoms with van der Waals surface area (Å²) in [6.07, 6.45) is 0.175. The molecule has 3 amide bonds. The SMILES string of the molecule is CN(OC(=O)C1Cc2ccccc2C#Cc2ccccc21)C(=O)CCCC(=O)ON1C(=O)CCC1=O. The average molecular weight is 488 g/mol. The average Bonchev–Trinajstić information content (AvgIpc) is 3.17. The first-order valence-corrected chi connectivity index (χ1v) is 11.6. The maximum Gasteiger partial charge on any atom is 0.340 e. The molecule has 1 atom stereocenters. The lowest BCUT2D eigenvalue weighted by Gasteiger charge is -2.23. The molecule has 2 aliphatic rings. The third-order valence-electron chi connectivity index (χ3n) is 5.94. The van der Waals surface area contributed by atoms with Gasteiger partial charge in [-0.15, -0.1) is 5.06 Å². The number of hydrogen-bond donors (Lipinski definition) is 0. The van der Waals surface area contributed by atoms with Gasteiger partial charge in [-0.3, -0.25) is 14.4 Å². The predicted molar refractivity (Wildman–Crippen MR) is 125 cm³/mol. The standard InChI is InChI=1S/C27H24N2O7/c1-28(23(30)11-6-12-26(33)35-29-24(31)15-16-25(29)32)36-27(34)22-17-20-9-3-2-7-18(20)13-14-19-8-4-5-10-21(19)22/h2-5,7-10,22H,6,11-12,15-17H2,1H3. The highest BCUT2D eigenvalue weighted by molar-refractivity contribution is 6.01. The molecule has 1 aliphatic heterocycles. The molecular weight excluding hydrogens is 464 g/mol. The first-order chi connectivity index (χ1) is 17.3. The normalized spacial score (nSPS) is 16.0. The third-order valence-corrected chi connectivity index (χ3v) is 5.94. The van der Waals surface area contributed by atoms with Crippen molar-refractivity contribution in [3.63, 3.8) is 0 Å². The first-order valence-electron chi connectivity index (χ1n) is 11.6. The molecule has 2 aromatic carbocycles. The molecule has 1 unspecified atom stereocenters. The van der Waals surface area contributed by atoms with Gasteiger partial charge in [-0.05, 0) is 36.1 Å². The fourth-order valence-electron chi connectivity index (χ4n) is 4.01. The second-order valence-electron chi connectivity index (χ2n) is 8.45. The molecule has 1 saturated heterocycles. The number of amides is 3. The van der Waals surface area contributed by atoms with Crippen LogP contribution in [-0.4, -0.2) is 46.8 Å². The highest BCUT2D eigenvalue weighted by Crippen LogP contribution is 2.29. The molecule has 0 spiro atoms. The van der Waals surface area contributed by atoms with Crippen LogP contribution in [0.25, 0.3) is 0 Å². The van der Waals surface area contributed by atoms with E-state index in [0.717, 1.165) is 27.3 Å². The molecular formula is C27H24N2O7. The van der Waals surface area contributed by atoms with E-state index in [1.165, 1.54) is 7.05 Å². The molecule has 1 fully saturated rings. The van der Waals surface area contributed by atoms with Gasteiger partial charge in [0.05, 0.1) is 5.92 Å². The van der Waals surface area contributed by atoms with Crippen molar-refractivity contribution < 1.29 is 33.6 Å². The summed E-state index contributed by atoms with van der Waals surface area (Å²) in [5.41, 5.74) is 3.18. The lowest BCUT2D eigenvalue weighted by Crippen LogP contribution is -2.33. The van der Waals surface area contributed by atoms with Crippen molar-refractivity contribution in [3.8, 4) is 11.8 Å². The maximum atomic E-state index is 13.2. The minimum Gasteiger partial charge on any atom is -0.338 e. The molecule has 0 aromatic heterocycles. The van der Waals surface area contributed by atoms with Crippen molar-refractivity contribution in [2.75, 3.05) is 7.05 Å². The van der Waals surface area contributed by atoms with Crippen LogP contribution >= 0.6 is 0 Å². The predicted octanol–water partition coefficient (Wildman–Crippen LogP) is 2.42. The van der Waals surface area contributed by atoms with Gasteiger partial charge in [-0.1, -0.05) is 48.2 Å². The zero-order valence-electron chi connectivity index (χ0n) is 19.7. The van der Waals surface area contributed by atoms with Gasteiger partial charge in [-0.2, -0.15) is 5.06 Å². The number of benzene rings is 2. The highest BCUT2D eigenvalue weighted by Gasteiger charge is 2.33. The van der Waals surface area contributed by atoms with E-state index < -0.39 is 35.6 Å². The number of carbonyl (C=O) groups is 5. The van der Waals surface area contributed by atoms with Crippen molar-refractivity contribution >= 4 is 29.7 Å². The van der Waals surface area contributed by atoms with Gasteiger partial charge in [0.15, 0.2) is 0 Å². The van der Waals surface area contributed by atoms with Crippen LogP contribution in [0, 0.1) is 11.8 Å². The van der Waals surface area contributed by atoms with E-state index in [4.69, 9.17) is 9.68 Å². The number of hydroxylamine groups is 4. The minimum absolute atomic E-state index is 0.00435. The van der Waals surface area contributed by atoms with Gasteiger partial charge in [0.25, 0.3) is 17.7 Å². The summed E-state index contributed by atoms with van der Waals surface area (Å²) < 4.78 is 0. The monoisotopic (exact) mass is 488 g/mol. The van der Waals surface area contributed by atoms with Crippen LogP contribution in [0.1, 0.15) is 60.3 Å². The zero-order chi connectivity index (χ0) is 25.7. The molecule has 9 nitrogen and oxygen atoms in total. The summed E-state index contributed by atoms with van der Waals surface area (Å²) in [6.45, 7) is 0. The van der Waals surface area contributed by atoms with Gasteiger partial charge >= 0.3 is 11.9 Å². The summed E-state index contributed by atoms with van der Waals surface area (Å²) >= 11 is 0. The largest absolute Gasteiger partial charge is 0.340 e. The van der Waals surface area contributed by atoms with E-state index in [2.05, 4.69) is 11.8 Å². The summed E-state index contributed by atoms with van der Waals surface area (Å²) in [7, 11) is 1.34. The van der Waals surface area contributed by atoms with E-state index in [0.29, 0.717) is 11.5 Å². The molecule has 1 heterocycles. The number of hydrogen-bond acceptors (Lipinski definition) is 7. The number of nitrogens with zero attached hydrogens (tertiary/aromatic N) is 2. The van der Waals surface area contributed by atoms with Crippen molar-refractivity contribution in [3.05, 3.63) is 70.8 Å². The summed E-state index contributed by atoms with van der Waals surface area (Å²) in [6, 6.07) is 14.9.